The SMILES string of the molecule is CCOC(=O)C(C)N1CCC(NS(=O)(=O)c2ccc(F)cc2)CC1. The van der Waals surface area contributed by atoms with E-state index in [0.29, 0.717) is 32.5 Å². The van der Waals surface area contributed by atoms with E-state index in [1.54, 1.807) is 13.8 Å². The van der Waals surface area contributed by atoms with Crippen LogP contribution in [-0.2, 0) is 19.6 Å². The molecule has 0 bridgehead atoms. The molecule has 0 saturated carbocycles. The van der Waals surface area contributed by atoms with Gasteiger partial charge >= 0.3 is 5.97 Å². The lowest BCUT2D eigenvalue weighted by Gasteiger charge is -2.34. The summed E-state index contributed by atoms with van der Waals surface area (Å²) >= 11 is 0. The first kappa shape index (κ1) is 18.8. The van der Waals surface area contributed by atoms with E-state index in [1.165, 1.54) is 12.1 Å². The summed E-state index contributed by atoms with van der Waals surface area (Å²) in [6.45, 7) is 5.12. The van der Waals surface area contributed by atoms with Gasteiger partial charge in [-0.1, -0.05) is 0 Å². The minimum Gasteiger partial charge on any atom is -0.465 e. The highest BCUT2D eigenvalue weighted by molar-refractivity contribution is 7.89. The van der Waals surface area contributed by atoms with Crippen molar-refractivity contribution < 1.29 is 22.3 Å². The third-order valence-electron chi connectivity index (χ3n) is 4.15. The van der Waals surface area contributed by atoms with Gasteiger partial charge in [0.05, 0.1) is 11.5 Å². The summed E-state index contributed by atoms with van der Waals surface area (Å²) in [7, 11) is -3.67. The number of carbonyl (C=O) groups is 1. The fourth-order valence-corrected chi connectivity index (χ4v) is 4.02. The van der Waals surface area contributed by atoms with Crippen molar-refractivity contribution in [1.82, 2.24) is 9.62 Å². The summed E-state index contributed by atoms with van der Waals surface area (Å²) < 4.78 is 45.2. The summed E-state index contributed by atoms with van der Waals surface area (Å²) in [6.07, 6.45) is 1.20. The molecule has 1 unspecified atom stereocenters. The third-order valence-corrected chi connectivity index (χ3v) is 5.69. The minimum absolute atomic E-state index is 0.0474. The second-order valence-corrected chi connectivity index (χ2v) is 7.53. The summed E-state index contributed by atoms with van der Waals surface area (Å²) in [4.78, 5) is 13.8. The fraction of sp³-hybridized carbons (Fsp3) is 0.562. The molecule has 0 radical (unpaired) electrons. The van der Waals surface area contributed by atoms with Crippen molar-refractivity contribution in [2.45, 2.75) is 43.7 Å². The second kappa shape index (κ2) is 8.04. The molecule has 134 valence electrons. The first-order valence-corrected chi connectivity index (χ1v) is 9.50. The Kier molecular flexibility index (Phi) is 6.31. The van der Waals surface area contributed by atoms with Gasteiger partial charge in [0.25, 0.3) is 0 Å². The number of hydrogen-bond donors (Lipinski definition) is 1. The van der Waals surface area contributed by atoms with Gasteiger partial charge in [0, 0.05) is 19.1 Å². The van der Waals surface area contributed by atoms with Crippen LogP contribution in [0.15, 0.2) is 29.2 Å². The van der Waals surface area contributed by atoms with E-state index in [2.05, 4.69) is 4.72 Å². The monoisotopic (exact) mass is 358 g/mol. The number of likely N-dealkylation sites (tertiary alicyclic amines) is 1. The second-order valence-electron chi connectivity index (χ2n) is 5.81. The van der Waals surface area contributed by atoms with Gasteiger partial charge in [-0.3, -0.25) is 9.69 Å². The van der Waals surface area contributed by atoms with Crippen molar-refractivity contribution in [2.24, 2.45) is 0 Å². The maximum absolute atomic E-state index is 12.9. The van der Waals surface area contributed by atoms with Crippen LogP contribution < -0.4 is 4.72 Å². The highest BCUT2D eigenvalue weighted by Gasteiger charge is 2.29. The average Bonchev–Trinajstić information content (AvgIpc) is 2.55. The number of hydrogen-bond acceptors (Lipinski definition) is 5. The molecule has 0 amide bonds. The van der Waals surface area contributed by atoms with Crippen molar-refractivity contribution >= 4 is 16.0 Å². The Balaban J connectivity index is 1.90. The van der Waals surface area contributed by atoms with Crippen LogP contribution in [-0.4, -0.2) is 51.1 Å². The topological polar surface area (TPSA) is 75.7 Å². The Bertz CT molecular complexity index is 655. The van der Waals surface area contributed by atoms with Gasteiger partial charge in [-0.05, 0) is 51.0 Å². The highest BCUT2D eigenvalue weighted by Crippen LogP contribution is 2.17. The lowest BCUT2D eigenvalue weighted by molar-refractivity contribution is -0.149. The molecule has 2 rings (SSSR count). The zero-order chi connectivity index (χ0) is 17.7. The van der Waals surface area contributed by atoms with Gasteiger partial charge in [0.15, 0.2) is 0 Å². The van der Waals surface area contributed by atoms with Crippen molar-refractivity contribution in [2.75, 3.05) is 19.7 Å². The predicted octanol–water partition coefficient (Wildman–Crippen LogP) is 1.52. The molecule has 6 nitrogen and oxygen atoms in total. The number of ether oxygens (including phenoxy) is 1. The summed E-state index contributed by atoms with van der Waals surface area (Å²) in [5.41, 5.74) is 0. The Morgan fingerprint density at radius 2 is 1.92 bits per heavy atom. The molecule has 1 aromatic rings. The maximum atomic E-state index is 12.9. The predicted molar refractivity (Wildman–Crippen MR) is 87.4 cm³/mol. The van der Waals surface area contributed by atoms with Crippen LogP contribution in [0.1, 0.15) is 26.7 Å². The van der Waals surface area contributed by atoms with Gasteiger partial charge in [0.1, 0.15) is 11.9 Å². The highest BCUT2D eigenvalue weighted by atomic mass is 32.2. The zero-order valence-electron chi connectivity index (χ0n) is 13.9. The van der Waals surface area contributed by atoms with Crippen molar-refractivity contribution in [1.29, 1.82) is 0 Å². The maximum Gasteiger partial charge on any atom is 0.323 e. The van der Waals surface area contributed by atoms with Gasteiger partial charge in [-0.2, -0.15) is 0 Å². The van der Waals surface area contributed by atoms with Crippen LogP contribution in [0.2, 0.25) is 0 Å². The molecule has 1 atom stereocenters. The Morgan fingerprint density at radius 3 is 2.46 bits per heavy atom. The van der Waals surface area contributed by atoms with Crippen molar-refractivity contribution in [3.63, 3.8) is 0 Å². The van der Waals surface area contributed by atoms with Crippen LogP contribution in [0.3, 0.4) is 0 Å². The molecule has 1 aliphatic rings. The molecule has 1 aliphatic heterocycles. The van der Waals surface area contributed by atoms with Gasteiger partial charge in [0.2, 0.25) is 10.0 Å². The number of carbonyl (C=O) groups excluding carboxylic acids is 1. The Morgan fingerprint density at radius 1 is 1.33 bits per heavy atom. The molecular formula is C16H23FN2O4S. The lowest BCUT2D eigenvalue weighted by atomic mass is 10.0. The van der Waals surface area contributed by atoms with E-state index in [4.69, 9.17) is 4.74 Å². The third kappa shape index (κ3) is 4.75. The molecule has 1 aromatic carbocycles. The number of sulfonamides is 1. The molecular weight excluding hydrogens is 335 g/mol. The fourth-order valence-electron chi connectivity index (χ4n) is 2.72. The van der Waals surface area contributed by atoms with Gasteiger partial charge in [-0.25, -0.2) is 17.5 Å². The molecule has 1 N–H and O–H groups in total. The summed E-state index contributed by atoms with van der Waals surface area (Å²) in [5.74, 6) is -0.738. The normalized spacial score (nSPS) is 18.3. The molecule has 0 aliphatic carbocycles. The van der Waals surface area contributed by atoms with Crippen molar-refractivity contribution in [3.05, 3.63) is 30.1 Å². The number of halogens is 1. The molecule has 1 saturated heterocycles. The van der Waals surface area contributed by atoms with Crippen LogP contribution in [0, 0.1) is 5.82 Å². The van der Waals surface area contributed by atoms with E-state index in [-0.39, 0.29) is 22.9 Å². The summed E-state index contributed by atoms with van der Waals surface area (Å²) in [5, 5.41) is 0. The number of rotatable bonds is 6. The van der Waals surface area contributed by atoms with Crippen molar-refractivity contribution in [3.8, 4) is 0 Å². The first-order chi connectivity index (χ1) is 11.3. The van der Waals surface area contributed by atoms with E-state index < -0.39 is 15.8 Å². The first-order valence-electron chi connectivity index (χ1n) is 8.02. The Hall–Kier alpha value is -1.51. The number of benzene rings is 1. The van der Waals surface area contributed by atoms with E-state index in [9.17, 15) is 17.6 Å². The van der Waals surface area contributed by atoms with Crippen LogP contribution in [0.5, 0.6) is 0 Å². The van der Waals surface area contributed by atoms with E-state index in [1.807, 2.05) is 4.90 Å². The minimum atomic E-state index is -3.67. The quantitative estimate of drug-likeness (QED) is 0.781. The van der Waals surface area contributed by atoms with E-state index >= 15 is 0 Å². The molecule has 1 heterocycles. The van der Waals surface area contributed by atoms with E-state index in [0.717, 1.165) is 12.1 Å². The molecule has 24 heavy (non-hydrogen) atoms. The number of piperidine rings is 1. The smallest absolute Gasteiger partial charge is 0.323 e. The zero-order valence-corrected chi connectivity index (χ0v) is 14.7. The molecule has 0 spiro atoms. The average molecular weight is 358 g/mol. The molecule has 1 fully saturated rings. The standard InChI is InChI=1S/C16H23FN2O4S/c1-3-23-16(20)12(2)19-10-8-14(9-11-19)18-24(21,22)15-6-4-13(17)5-7-15/h4-7,12,14,18H,3,8-11H2,1-2H3. The van der Waals surface area contributed by atoms with Gasteiger partial charge in [-0.15, -0.1) is 0 Å². The molecule has 8 heteroatoms. The number of esters is 1. The summed E-state index contributed by atoms with van der Waals surface area (Å²) in [6, 6.07) is 4.20. The number of nitrogens with one attached hydrogen (secondary N) is 1. The van der Waals surface area contributed by atoms with Crippen LogP contribution >= 0.6 is 0 Å². The lowest BCUT2D eigenvalue weighted by Crippen LogP contribution is -2.49. The number of nitrogens with zero attached hydrogens (tertiary/aromatic N) is 1. The Labute approximate surface area is 142 Å². The van der Waals surface area contributed by atoms with Crippen LogP contribution in [0.4, 0.5) is 4.39 Å². The largest absolute Gasteiger partial charge is 0.465 e. The van der Waals surface area contributed by atoms with Crippen LogP contribution in [0.25, 0.3) is 0 Å². The molecule has 0 aromatic heterocycles. The van der Waals surface area contributed by atoms with Gasteiger partial charge < -0.3 is 4.74 Å².